The maximum atomic E-state index is 12.7. The lowest BCUT2D eigenvalue weighted by atomic mass is 10.0. The second kappa shape index (κ2) is 7.11. The van der Waals surface area contributed by atoms with Gasteiger partial charge in [-0.2, -0.15) is 8.78 Å². The minimum absolute atomic E-state index is 0.0984. The van der Waals surface area contributed by atoms with Gasteiger partial charge in [0.1, 0.15) is 5.82 Å². The molecule has 0 radical (unpaired) electrons. The molecule has 1 aromatic carbocycles. The molecule has 1 saturated heterocycles. The first kappa shape index (κ1) is 17.8. The smallest absolute Gasteiger partial charge is 0.341 e. The van der Waals surface area contributed by atoms with Gasteiger partial charge < -0.3 is 9.47 Å². The predicted molar refractivity (Wildman–Crippen MR) is 91.5 cm³/mol. The number of alkyl halides is 2. The SMILES string of the molecule is CCn1ccnc1C1CCCCN1c1ccc(S(=O)(=O)C(F)F)cc1. The van der Waals surface area contributed by atoms with Gasteiger partial charge in [-0.1, -0.05) is 0 Å². The Morgan fingerprint density at radius 3 is 2.60 bits per heavy atom. The summed E-state index contributed by atoms with van der Waals surface area (Å²) in [5, 5.41) is 0. The zero-order chi connectivity index (χ0) is 18.0. The lowest BCUT2D eigenvalue weighted by Gasteiger charge is -2.37. The third-order valence-corrected chi connectivity index (χ3v) is 6.02. The van der Waals surface area contributed by atoms with Crippen molar-refractivity contribution in [2.45, 2.75) is 49.4 Å². The number of nitrogens with zero attached hydrogens (tertiary/aromatic N) is 3. The molecule has 3 rings (SSSR count). The third kappa shape index (κ3) is 3.40. The first-order valence-electron chi connectivity index (χ1n) is 8.35. The first-order chi connectivity index (χ1) is 11.9. The average Bonchev–Trinajstić information content (AvgIpc) is 3.10. The van der Waals surface area contributed by atoms with Crippen LogP contribution in [0.3, 0.4) is 0 Å². The van der Waals surface area contributed by atoms with E-state index in [1.807, 2.05) is 6.20 Å². The molecule has 136 valence electrons. The standard InChI is InChI=1S/C17H21F2N3O2S/c1-2-21-12-10-20-16(21)15-5-3-4-11-22(15)13-6-8-14(9-7-13)25(23,24)17(18)19/h6-10,12,15,17H,2-5,11H2,1H3. The molecular formula is C17H21F2N3O2S. The van der Waals surface area contributed by atoms with E-state index in [2.05, 4.69) is 21.4 Å². The van der Waals surface area contributed by atoms with Crippen molar-refractivity contribution < 1.29 is 17.2 Å². The van der Waals surface area contributed by atoms with Crippen molar-refractivity contribution in [2.75, 3.05) is 11.4 Å². The first-order valence-corrected chi connectivity index (χ1v) is 9.89. The molecule has 1 fully saturated rings. The summed E-state index contributed by atoms with van der Waals surface area (Å²) in [6.07, 6.45) is 6.80. The van der Waals surface area contributed by atoms with Crippen molar-refractivity contribution in [1.29, 1.82) is 0 Å². The Morgan fingerprint density at radius 1 is 1.24 bits per heavy atom. The van der Waals surface area contributed by atoms with E-state index in [1.165, 1.54) is 12.1 Å². The summed E-state index contributed by atoms with van der Waals surface area (Å²) < 4.78 is 50.6. The number of halogens is 2. The van der Waals surface area contributed by atoms with Crippen LogP contribution in [0, 0.1) is 0 Å². The lowest BCUT2D eigenvalue weighted by molar-refractivity contribution is 0.234. The van der Waals surface area contributed by atoms with E-state index in [1.54, 1.807) is 18.3 Å². The van der Waals surface area contributed by atoms with Crippen LogP contribution in [0.1, 0.15) is 38.1 Å². The third-order valence-electron chi connectivity index (χ3n) is 4.62. The molecular weight excluding hydrogens is 348 g/mol. The highest BCUT2D eigenvalue weighted by Crippen LogP contribution is 2.35. The monoisotopic (exact) mass is 369 g/mol. The van der Waals surface area contributed by atoms with Gasteiger partial charge in [-0.05, 0) is 50.5 Å². The largest absolute Gasteiger partial charge is 0.361 e. The quantitative estimate of drug-likeness (QED) is 0.808. The van der Waals surface area contributed by atoms with E-state index in [9.17, 15) is 17.2 Å². The van der Waals surface area contributed by atoms with Gasteiger partial charge in [-0.15, -0.1) is 0 Å². The molecule has 0 bridgehead atoms. The average molecular weight is 369 g/mol. The molecule has 0 spiro atoms. The minimum Gasteiger partial charge on any atom is -0.361 e. The molecule has 0 saturated carbocycles. The summed E-state index contributed by atoms with van der Waals surface area (Å²) in [6.45, 7) is 3.70. The number of sulfone groups is 1. The number of hydrogen-bond donors (Lipinski definition) is 0. The Hall–Kier alpha value is -1.96. The van der Waals surface area contributed by atoms with Gasteiger partial charge in [0, 0.05) is 31.2 Å². The van der Waals surface area contributed by atoms with Crippen LogP contribution >= 0.6 is 0 Å². The van der Waals surface area contributed by atoms with Crippen molar-refractivity contribution in [3.8, 4) is 0 Å². The van der Waals surface area contributed by atoms with Crippen LogP contribution in [0.2, 0.25) is 0 Å². The van der Waals surface area contributed by atoms with Crippen LogP contribution in [0.5, 0.6) is 0 Å². The molecule has 0 N–H and O–H groups in total. The molecule has 1 aliphatic rings. The number of aryl methyl sites for hydroxylation is 1. The van der Waals surface area contributed by atoms with Crippen molar-refractivity contribution in [3.05, 3.63) is 42.5 Å². The minimum atomic E-state index is -4.56. The summed E-state index contributed by atoms with van der Waals surface area (Å²) in [7, 11) is -4.56. The Kier molecular flexibility index (Phi) is 5.08. The van der Waals surface area contributed by atoms with Gasteiger partial charge >= 0.3 is 5.76 Å². The van der Waals surface area contributed by atoms with Crippen LogP contribution in [-0.4, -0.2) is 30.3 Å². The molecule has 1 unspecified atom stereocenters. The van der Waals surface area contributed by atoms with Crippen LogP contribution in [-0.2, 0) is 16.4 Å². The highest BCUT2D eigenvalue weighted by atomic mass is 32.2. The van der Waals surface area contributed by atoms with Gasteiger partial charge in [-0.3, -0.25) is 0 Å². The Morgan fingerprint density at radius 2 is 1.96 bits per heavy atom. The van der Waals surface area contributed by atoms with Gasteiger partial charge in [0.2, 0.25) is 9.84 Å². The van der Waals surface area contributed by atoms with Crippen LogP contribution in [0.25, 0.3) is 0 Å². The van der Waals surface area contributed by atoms with E-state index < -0.39 is 15.6 Å². The van der Waals surface area contributed by atoms with E-state index in [-0.39, 0.29) is 10.9 Å². The van der Waals surface area contributed by atoms with Gasteiger partial charge in [0.05, 0.1) is 10.9 Å². The van der Waals surface area contributed by atoms with Crippen LogP contribution in [0.4, 0.5) is 14.5 Å². The number of piperidine rings is 1. The fraction of sp³-hybridized carbons (Fsp3) is 0.471. The second-order valence-electron chi connectivity index (χ2n) is 6.08. The van der Waals surface area contributed by atoms with Gasteiger partial charge in [0.25, 0.3) is 0 Å². The molecule has 25 heavy (non-hydrogen) atoms. The Bertz CT molecular complexity index is 819. The number of imidazole rings is 1. The maximum absolute atomic E-state index is 12.7. The molecule has 0 amide bonds. The van der Waals surface area contributed by atoms with Gasteiger partial charge in [0.15, 0.2) is 0 Å². The molecule has 5 nitrogen and oxygen atoms in total. The zero-order valence-electron chi connectivity index (χ0n) is 14.0. The van der Waals surface area contributed by atoms with Crippen molar-refractivity contribution >= 4 is 15.5 Å². The number of aromatic nitrogens is 2. The zero-order valence-corrected chi connectivity index (χ0v) is 14.8. The van der Waals surface area contributed by atoms with Gasteiger partial charge in [-0.25, -0.2) is 13.4 Å². The van der Waals surface area contributed by atoms with E-state index in [0.29, 0.717) is 0 Å². The molecule has 1 aliphatic heterocycles. The molecule has 1 aromatic heterocycles. The second-order valence-corrected chi connectivity index (χ2v) is 7.99. The van der Waals surface area contributed by atoms with Crippen LogP contribution in [0.15, 0.2) is 41.6 Å². The van der Waals surface area contributed by atoms with Crippen molar-refractivity contribution in [3.63, 3.8) is 0 Å². The highest BCUT2D eigenvalue weighted by molar-refractivity contribution is 7.91. The summed E-state index contributed by atoms with van der Waals surface area (Å²) >= 11 is 0. The summed E-state index contributed by atoms with van der Waals surface area (Å²) in [5.41, 5.74) is 0.823. The number of anilines is 1. The maximum Gasteiger partial charge on any atom is 0.341 e. The molecule has 8 heteroatoms. The number of hydrogen-bond acceptors (Lipinski definition) is 4. The normalized spacial score (nSPS) is 18.7. The van der Waals surface area contributed by atoms with Crippen LogP contribution < -0.4 is 4.90 Å². The fourth-order valence-electron chi connectivity index (χ4n) is 3.32. The van der Waals surface area contributed by atoms with E-state index in [4.69, 9.17) is 0 Å². The molecule has 0 aliphatic carbocycles. The number of rotatable bonds is 5. The summed E-state index contributed by atoms with van der Waals surface area (Å²) in [4.78, 5) is 6.32. The van der Waals surface area contributed by atoms with E-state index >= 15 is 0 Å². The Labute approximate surface area is 146 Å². The topological polar surface area (TPSA) is 55.2 Å². The Balaban J connectivity index is 1.91. The predicted octanol–water partition coefficient (Wildman–Crippen LogP) is 3.63. The lowest BCUT2D eigenvalue weighted by Crippen LogP contribution is -2.35. The molecule has 1 atom stereocenters. The van der Waals surface area contributed by atoms with E-state index in [0.717, 1.165) is 43.9 Å². The summed E-state index contributed by atoms with van der Waals surface area (Å²) in [6, 6.07) is 5.82. The molecule has 2 heterocycles. The highest BCUT2D eigenvalue weighted by Gasteiger charge is 2.29. The van der Waals surface area contributed by atoms with Crippen molar-refractivity contribution in [2.24, 2.45) is 0 Å². The number of benzene rings is 1. The van der Waals surface area contributed by atoms with Crippen molar-refractivity contribution in [1.82, 2.24) is 9.55 Å². The summed E-state index contributed by atoms with van der Waals surface area (Å²) in [5.74, 6) is -2.43. The fourth-order valence-corrected chi connectivity index (χ4v) is 4.05. The molecule has 2 aromatic rings.